The Kier molecular flexibility index (Phi) is 6.46. The standard InChI is InChI=1S/C18H21NO6S/c1-6-25-18(21)16-10(2)7-14(26-16)19-17(20)11-8-12(22-3)15(24-5)13(9-11)23-4/h7-9H,6H2,1-5H3,(H,19,20). The van der Waals surface area contributed by atoms with Gasteiger partial charge in [0.25, 0.3) is 5.91 Å². The van der Waals surface area contributed by atoms with Crippen LogP contribution in [-0.4, -0.2) is 39.8 Å². The lowest BCUT2D eigenvalue weighted by molar-refractivity contribution is 0.0531. The van der Waals surface area contributed by atoms with E-state index in [1.165, 1.54) is 21.3 Å². The van der Waals surface area contributed by atoms with Crippen molar-refractivity contribution in [2.75, 3.05) is 33.3 Å². The van der Waals surface area contributed by atoms with Gasteiger partial charge >= 0.3 is 5.97 Å². The summed E-state index contributed by atoms with van der Waals surface area (Å²) in [6.45, 7) is 3.83. The second-order valence-electron chi connectivity index (χ2n) is 5.21. The lowest BCUT2D eigenvalue weighted by Crippen LogP contribution is -2.11. The van der Waals surface area contributed by atoms with Crippen molar-refractivity contribution >= 4 is 28.2 Å². The van der Waals surface area contributed by atoms with Crippen molar-refractivity contribution in [3.8, 4) is 17.2 Å². The number of esters is 1. The number of benzene rings is 1. The SMILES string of the molecule is CCOC(=O)c1sc(NC(=O)c2cc(OC)c(OC)c(OC)c2)cc1C. The number of nitrogens with one attached hydrogen (secondary N) is 1. The van der Waals surface area contributed by atoms with Crippen molar-refractivity contribution < 1.29 is 28.5 Å². The van der Waals surface area contributed by atoms with Gasteiger partial charge in [-0.1, -0.05) is 0 Å². The Morgan fingerprint density at radius 1 is 1.04 bits per heavy atom. The second kappa shape index (κ2) is 8.57. The number of carbonyl (C=O) groups is 2. The number of aryl methyl sites for hydroxylation is 1. The molecule has 7 nitrogen and oxygen atoms in total. The van der Waals surface area contributed by atoms with Gasteiger partial charge in [0, 0.05) is 5.56 Å². The molecule has 0 fully saturated rings. The maximum absolute atomic E-state index is 12.6. The van der Waals surface area contributed by atoms with Gasteiger partial charge in [-0.05, 0) is 37.6 Å². The first-order valence-electron chi connectivity index (χ1n) is 7.84. The van der Waals surface area contributed by atoms with E-state index in [2.05, 4.69) is 5.32 Å². The van der Waals surface area contributed by atoms with Gasteiger partial charge in [0.1, 0.15) is 4.88 Å². The molecule has 1 amide bonds. The largest absolute Gasteiger partial charge is 0.493 e. The molecule has 26 heavy (non-hydrogen) atoms. The number of carbonyl (C=O) groups excluding carboxylic acids is 2. The third-order valence-electron chi connectivity index (χ3n) is 3.54. The molecule has 1 aromatic heterocycles. The summed E-state index contributed by atoms with van der Waals surface area (Å²) in [5.74, 6) is 0.408. The molecule has 0 saturated heterocycles. The molecular weight excluding hydrogens is 358 g/mol. The molecule has 8 heteroatoms. The molecule has 2 rings (SSSR count). The summed E-state index contributed by atoms with van der Waals surface area (Å²) in [7, 11) is 4.45. The molecule has 0 saturated carbocycles. The van der Waals surface area contributed by atoms with E-state index in [1.54, 1.807) is 32.0 Å². The van der Waals surface area contributed by atoms with Crippen molar-refractivity contribution in [1.82, 2.24) is 0 Å². The molecule has 2 aromatic rings. The molecule has 1 heterocycles. The fourth-order valence-corrected chi connectivity index (χ4v) is 3.30. The van der Waals surface area contributed by atoms with Gasteiger partial charge in [-0.3, -0.25) is 4.79 Å². The monoisotopic (exact) mass is 379 g/mol. The Morgan fingerprint density at radius 3 is 2.15 bits per heavy atom. The second-order valence-corrected chi connectivity index (χ2v) is 6.26. The molecule has 0 spiro atoms. The van der Waals surface area contributed by atoms with Crippen LogP contribution in [0.15, 0.2) is 18.2 Å². The molecule has 0 unspecified atom stereocenters. The molecule has 0 aliphatic rings. The highest BCUT2D eigenvalue weighted by molar-refractivity contribution is 7.18. The molecule has 1 N–H and O–H groups in total. The van der Waals surface area contributed by atoms with E-state index >= 15 is 0 Å². The minimum atomic E-state index is -0.400. The Morgan fingerprint density at radius 2 is 1.65 bits per heavy atom. The molecule has 0 aliphatic heterocycles. The zero-order valence-corrected chi connectivity index (χ0v) is 16.1. The van der Waals surface area contributed by atoms with Crippen LogP contribution < -0.4 is 19.5 Å². The fraction of sp³-hybridized carbons (Fsp3) is 0.333. The highest BCUT2D eigenvalue weighted by atomic mass is 32.1. The Labute approximate surface area is 155 Å². The van der Waals surface area contributed by atoms with Gasteiger partial charge < -0.3 is 24.3 Å². The van der Waals surface area contributed by atoms with E-state index in [0.717, 1.165) is 16.9 Å². The smallest absolute Gasteiger partial charge is 0.348 e. The molecule has 140 valence electrons. The molecule has 1 aromatic carbocycles. The first kappa shape index (κ1) is 19.6. The van der Waals surface area contributed by atoms with Crippen LogP contribution in [0.2, 0.25) is 0 Å². The highest BCUT2D eigenvalue weighted by Gasteiger charge is 2.19. The number of anilines is 1. The van der Waals surface area contributed by atoms with E-state index in [4.69, 9.17) is 18.9 Å². The first-order valence-corrected chi connectivity index (χ1v) is 8.65. The van der Waals surface area contributed by atoms with Gasteiger partial charge in [-0.25, -0.2) is 4.79 Å². The fourth-order valence-electron chi connectivity index (χ4n) is 2.34. The maximum Gasteiger partial charge on any atom is 0.348 e. The topological polar surface area (TPSA) is 83.1 Å². The number of hydrogen-bond donors (Lipinski definition) is 1. The van der Waals surface area contributed by atoms with E-state index < -0.39 is 5.97 Å². The van der Waals surface area contributed by atoms with E-state index in [1.807, 2.05) is 0 Å². The van der Waals surface area contributed by atoms with Crippen LogP contribution in [0, 0.1) is 6.92 Å². The van der Waals surface area contributed by atoms with E-state index in [-0.39, 0.29) is 5.91 Å². The summed E-state index contributed by atoms with van der Waals surface area (Å²) in [5, 5.41) is 3.32. The average molecular weight is 379 g/mol. The van der Waals surface area contributed by atoms with Crippen LogP contribution in [0.25, 0.3) is 0 Å². The molecular formula is C18H21NO6S. The van der Waals surface area contributed by atoms with Crippen molar-refractivity contribution in [3.05, 3.63) is 34.2 Å². The lowest BCUT2D eigenvalue weighted by atomic mass is 10.1. The van der Waals surface area contributed by atoms with Crippen molar-refractivity contribution in [2.45, 2.75) is 13.8 Å². The van der Waals surface area contributed by atoms with Crippen LogP contribution in [-0.2, 0) is 4.74 Å². The van der Waals surface area contributed by atoms with Gasteiger partial charge in [0.15, 0.2) is 11.5 Å². The minimum absolute atomic E-state index is 0.295. The summed E-state index contributed by atoms with van der Waals surface area (Å²) >= 11 is 1.16. The van der Waals surface area contributed by atoms with Crippen LogP contribution in [0.1, 0.15) is 32.5 Å². The Bertz CT molecular complexity index is 789. The summed E-state index contributed by atoms with van der Waals surface area (Å²) in [6.07, 6.45) is 0. The predicted molar refractivity (Wildman–Crippen MR) is 99.1 cm³/mol. The quantitative estimate of drug-likeness (QED) is 0.741. The van der Waals surface area contributed by atoms with Crippen molar-refractivity contribution in [3.63, 3.8) is 0 Å². The van der Waals surface area contributed by atoms with Gasteiger partial charge in [0.2, 0.25) is 5.75 Å². The van der Waals surface area contributed by atoms with Gasteiger partial charge in [-0.2, -0.15) is 0 Å². The van der Waals surface area contributed by atoms with Crippen LogP contribution in [0.3, 0.4) is 0 Å². The zero-order chi connectivity index (χ0) is 19.3. The summed E-state index contributed by atoms with van der Waals surface area (Å²) < 4.78 is 20.8. The minimum Gasteiger partial charge on any atom is -0.493 e. The highest BCUT2D eigenvalue weighted by Crippen LogP contribution is 2.38. The number of methoxy groups -OCH3 is 3. The maximum atomic E-state index is 12.6. The molecule has 0 bridgehead atoms. The normalized spacial score (nSPS) is 10.2. The van der Waals surface area contributed by atoms with Crippen LogP contribution >= 0.6 is 11.3 Å². The Hall–Kier alpha value is -2.74. The lowest BCUT2D eigenvalue weighted by Gasteiger charge is -2.13. The van der Waals surface area contributed by atoms with Gasteiger partial charge in [-0.15, -0.1) is 11.3 Å². The van der Waals surface area contributed by atoms with E-state index in [9.17, 15) is 9.59 Å². The van der Waals surface area contributed by atoms with Crippen molar-refractivity contribution in [2.24, 2.45) is 0 Å². The zero-order valence-electron chi connectivity index (χ0n) is 15.3. The third-order valence-corrected chi connectivity index (χ3v) is 4.67. The Balaban J connectivity index is 2.28. The van der Waals surface area contributed by atoms with Crippen LogP contribution in [0.5, 0.6) is 17.2 Å². The number of rotatable bonds is 7. The number of hydrogen-bond acceptors (Lipinski definition) is 7. The molecule has 0 aliphatic carbocycles. The predicted octanol–water partition coefficient (Wildman–Crippen LogP) is 3.51. The third kappa shape index (κ3) is 4.08. The number of thiophene rings is 1. The number of amides is 1. The van der Waals surface area contributed by atoms with E-state index in [0.29, 0.717) is 39.3 Å². The summed E-state index contributed by atoms with van der Waals surface area (Å²) in [6, 6.07) is 4.85. The molecule has 0 radical (unpaired) electrons. The summed E-state index contributed by atoms with van der Waals surface area (Å²) in [5.41, 5.74) is 1.08. The average Bonchev–Trinajstić information content (AvgIpc) is 3.00. The van der Waals surface area contributed by atoms with Gasteiger partial charge in [0.05, 0.1) is 32.9 Å². The number of ether oxygens (including phenoxy) is 4. The molecule has 0 atom stereocenters. The summed E-state index contributed by atoms with van der Waals surface area (Å²) in [4.78, 5) is 25.0. The van der Waals surface area contributed by atoms with Crippen molar-refractivity contribution in [1.29, 1.82) is 0 Å². The first-order chi connectivity index (χ1) is 12.4. The van der Waals surface area contributed by atoms with Crippen LogP contribution in [0.4, 0.5) is 5.00 Å².